The van der Waals surface area contributed by atoms with Crippen molar-refractivity contribution in [2.45, 2.75) is 33.2 Å². The van der Waals surface area contributed by atoms with Gasteiger partial charge in [-0.05, 0) is 24.5 Å². The van der Waals surface area contributed by atoms with E-state index < -0.39 is 0 Å². The highest BCUT2D eigenvalue weighted by Crippen LogP contribution is 2.09. The highest BCUT2D eigenvalue weighted by Gasteiger charge is 2.15. The summed E-state index contributed by atoms with van der Waals surface area (Å²) in [6.45, 7) is 6.21. The predicted octanol–water partition coefficient (Wildman–Crippen LogP) is 1.95. The molecule has 19 heavy (non-hydrogen) atoms. The zero-order valence-electron chi connectivity index (χ0n) is 11.6. The number of carbonyl (C=O) groups excluding carboxylic acids is 1. The van der Waals surface area contributed by atoms with Gasteiger partial charge in [0.15, 0.2) is 5.84 Å². The number of oxime groups is 1. The van der Waals surface area contributed by atoms with Crippen LogP contribution in [0.15, 0.2) is 29.4 Å². The van der Waals surface area contributed by atoms with Gasteiger partial charge in [0.2, 0.25) is 0 Å². The number of nitrogens with zero attached hydrogens (tertiary/aromatic N) is 1. The summed E-state index contributed by atoms with van der Waals surface area (Å²) < 4.78 is 0. The SMILES string of the molecule is CCC(NC(=O)c1ccc(C(N)=NO)cc1)C(C)C. The number of hydrogen-bond acceptors (Lipinski definition) is 3. The minimum Gasteiger partial charge on any atom is -0.409 e. The number of nitrogens with one attached hydrogen (secondary N) is 1. The number of benzene rings is 1. The summed E-state index contributed by atoms with van der Waals surface area (Å²) in [5.41, 5.74) is 6.60. The topological polar surface area (TPSA) is 87.7 Å². The molecule has 0 radical (unpaired) electrons. The zero-order chi connectivity index (χ0) is 14.4. The van der Waals surface area contributed by atoms with E-state index in [4.69, 9.17) is 10.9 Å². The highest BCUT2D eigenvalue weighted by molar-refractivity contribution is 5.99. The summed E-state index contributed by atoms with van der Waals surface area (Å²) >= 11 is 0. The Kier molecular flexibility index (Phi) is 5.36. The zero-order valence-corrected chi connectivity index (χ0v) is 11.6. The van der Waals surface area contributed by atoms with Crippen LogP contribution in [0.1, 0.15) is 43.1 Å². The third kappa shape index (κ3) is 3.98. The van der Waals surface area contributed by atoms with Crippen molar-refractivity contribution in [3.8, 4) is 0 Å². The maximum absolute atomic E-state index is 12.0. The summed E-state index contributed by atoms with van der Waals surface area (Å²) in [5, 5.41) is 14.5. The Bertz CT molecular complexity index is 452. The van der Waals surface area contributed by atoms with Crippen LogP contribution in [0.5, 0.6) is 0 Å². The van der Waals surface area contributed by atoms with Gasteiger partial charge < -0.3 is 16.3 Å². The van der Waals surface area contributed by atoms with Crippen LogP contribution in [0.3, 0.4) is 0 Å². The van der Waals surface area contributed by atoms with Crippen molar-refractivity contribution in [3.63, 3.8) is 0 Å². The summed E-state index contributed by atoms with van der Waals surface area (Å²) in [4.78, 5) is 12.0. The Morgan fingerprint density at radius 2 is 1.84 bits per heavy atom. The van der Waals surface area contributed by atoms with Crippen LogP contribution < -0.4 is 11.1 Å². The maximum Gasteiger partial charge on any atom is 0.251 e. The summed E-state index contributed by atoms with van der Waals surface area (Å²) in [6, 6.07) is 6.79. The fourth-order valence-electron chi connectivity index (χ4n) is 1.84. The van der Waals surface area contributed by atoms with Crippen molar-refractivity contribution in [2.24, 2.45) is 16.8 Å². The molecule has 0 aliphatic carbocycles. The molecule has 5 heteroatoms. The molecule has 0 spiro atoms. The molecule has 0 heterocycles. The smallest absolute Gasteiger partial charge is 0.251 e. The van der Waals surface area contributed by atoms with E-state index in [1.165, 1.54) is 0 Å². The molecule has 4 N–H and O–H groups in total. The van der Waals surface area contributed by atoms with Gasteiger partial charge in [-0.1, -0.05) is 38.1 Å². The van der Waals surface area contributed by atoms with E-state index in [0.29, 0.717) is 17.0 Å². The lowest BCUT2D eigenvalue weighted by atomic mass is 10.0. The minimum atomic E-state index is -0.105. The van der Waals surface area contributed by atoms with Crippen molar-refractivity contribution in [3.05, 3.63) is 35.4 Å². The molecule has 5 nitrogen and oxygen atoms in total. The first-order valence-electron chi connectivity index (χ1n) is 6.38. The fourth-order valence-corrected chi connectivity index (χ4v) is 1.84. The lowest BCUT2D eigenvalue weighted by molar-refractivity contribution is 0.0924. The second-order valence-corrected chi connectivity index (χ2v) is 4.79. The fraction of sp³-hybridized carbons (Fsp3) is 0.429. The average molecular weight is 263 g/mol. The van der Waals surface area contributed by atoms with Gasteiger partial charge in [0, 0.05) is 17.2 Å². The molecule has 0 saturated carbocycles. The Labute approximate surface area is 113 Å². The first kappa shape index (κ1) is 15.0. The molecular weight excluding hydrogens is 242 g/mol. The number of amidine groups is 1. The molecule has 1 atom stereocenters. The molecule has 1 amide bonds. The molecule has 1 aromatic carbocycles. The molecule has 0 aromatic heterocycles. The molecule has 0 saturated heterocycles. The van der Waals surface area contributed by atoms with Crippen LogP contribution in [-0.4, -0.2) is 23.0 Å². The van der Waals surface area contributed by atoms with E-state index in [1.54, 1.807) is 24.3 Å². The molecule has 0 aliphatic heterocycles. The number of hydrogen-bond donors (Lipinski definition) is 3. The molecule has 0 bridgehead atoms. The Morgan fingerprint density at radius 1 is 1.32 bits per heavy atom. The Morgan fingerprint density at radius 3 is 2.26 bits per heavy atom. The van der Waals surface area contributed by atoms with Gasteiger partial charge in [-0.3, -0.25) is 4.79 Å². The van der Waals surface area contributed by atoms with Crippen molar-refractivity contribution in [1.82, 2.24) is 5.32 Å². The quantitative estimate of drug-likeness (QED) is 0.328. The van der Waals surface area contributed by atoms with E-state index >= 15 is 0 Å². The van der Waals surface area contributed by atoms with Gasteiger partial charge in [0.25, 0.3) is 5.91 Å². The highest BCUT2D eigenvalue weighted by atomic mass is 16.4. The van der Waals surface area contributed by atoms with Gasteiger partial charge >= 0.3 is 0 Å². The van der Waals surface area contributed by atoms with Crippen LogP contribution in [0.25, 0.3) is 0 Å². The van der Waals surface area contributed by atoms with Crippen molar-refractivity contribution < 1.29 is 10.0 Å². The van der Waals surface area contributed by atoms with E-state index in [-0.39, 0.29) is 17.8 Å². The molecule has 0 aliphatic rings. The predicted molar refractivity (Wildman–Crippen MR) is 75.3 cm³/mol. The van der Waals surface area contributed by atoms with Crippen molar-refractivity contribution in [2.75, 3.05) is 0 Å². The monoisotopic (exact) mass is 263 g/mol. The molecule has 1 aromatic rings. The number of carbonyl (C=O) groups is 1. The summed E-state index contributed by atoms with van der Waals surface area (Å²) in [6.07, 6.45) is 0.894. The van der Waals surface area contributed by atoms with E-state index in [9.17, 15) is 4.79 Å². The van der Waals surface area contributed by atoms with Crippen molar-refractivity contribution in [1.29, 1.82) is 0 Å². The first-order valence-corrected chi connectivity index (χ1v) is 6.38. The number of nitrogens with two attached hydrogens (primary N) is 1. The van der Waals surface area contributed by atoms with Gasteiger partial charge in [-0.25, -0.2) is 0 Å². The second kappa shape index (κ2) is 6.78. The lowest BCUT2D eigenvalue weighted by Crippen LogP contribution is -2.38. The van der Waals surface area contributed by atoms with E-state index in [2.05, 4.69) is 24.3 Å². The number of rotatable bonds is 5. The largest absolute Gasteiger partial charge is 0.409 e. The summed E-state index contributed by atoms with van der Waals surface area (Å²) in [7, 11) is 0. The van der Waals surface area contributed by atoms with Crippen LogP contribution in [0.4, 0.5) is 0 Å². The molecule has 104 valence electrons. The second-order valence-electron chi connectivity index (χ2n) is 4.79. The molecule has 1 rings (SSSR count). The number of amides is 1. The third-order valence-corrected chi connectivity index (χ3v) is 3.11. The van der Waals surface area contributed by atoms with E-state index in [0.717, 1.165) is 6.42 Å². The summed E-state index contributed by atoms with van der Waals surface area (Å²) in [5.74, 6) is 0.317. The minimum absolute atomic E-state index is 0.0283. The lowest BCUT2D eigenvalue weighted by Gasteiger charge is -2.20. The average Bonchev–Trinajstić information content (AvgIpc) is 2.43. The van der Waals surface area contributed by atoms with Crippen LogP contribution in [0, 0.1) is 5.92 Å². The van der Waals surface area contributed by atoms with Crippen molar-refractivity contribution >= 4 is 11.7 Å². The van der Waals surface area contributed by atoms with Gasteiger partial charge in [-0.15, -0.1) is 0 Å². The molecular formula is C14H21N3O2. The Balaban J connectivity index is 2.78. The van der Waals surface area contributed by atoms with Gasteiger partial charge in [0.1, 0.15) is 0 Å². The van der Waals surface area contributed by atoms with Gasteiger partial charge in [0.05, 0.1) is 0 Å². The molecule has 0 fully saturated rings. The van der Waals surface area contributed by atoms with E-state index in [1.807, 2.05) is 6.92 Å². The standard InChI is InChI=1S/C14H21N3O2/c1-4-12(9(2)3)16-14(18)11-7-5-10(6-8-11)13(15)17-19/h5-9,12,19H,4H2,1-3H3,(H2,15,17)(H,16,18). The third-order valence-electron chi connectivity index (χ3n) is 3.11. The first-order chi connectivity index (χ1) is 8.99. The Hall–Kier alpha value is -2.04. The normalized spacial score (nSPS) is 13.4. The van der Waals surface area contributed by atoms with Crippen LogP contribution in [0.2, 0.25) is 0 Å². The molecule has 1 unspecified atom stereocenters. The maximum atomic E-state index is 12.0. The van der Waals surface area contributed by atoms with Crippen LogP contribution >= 0.6 is 0 Å². The van der Waals surface area contributed by atoms with Crippen LogP contribution in [-0.2, 0) is 0 Å². The van der Waals surface area contributed by atoms with Gasteiger partial charge in [-0.2, -0.15) is 0 Å².